The highest BCUT2D eigenvalue weighted by atomic mass is 16.5. The van der Waals surface area contributed by atoms with Crippen molar-refractivity contribution in [3.8, 4) is 5.75 Å². The van der Waals surface area contributed by atoms with Gasteiger partial charge in [0.15, 0.2) is 0 Å². The molecule has 1 fully saturated rings. The monoisotopic (exact) mass is 324 g/mol. The smallest absolute Gasteiger partial charge is 0.328 e. The van der Waals surface area contributed by atoms with Crippen LogP contribution in [0.4, 0.5) is 0 Å². The Balaban J connectivity index is 1.96. The molecular weight excluding hydrogens is 300 g/mol. The lowest BCUT2D eigenvalue weighted by molar-refractivity contribution is -0.131. The number of aliphatic carboxylic acids is 1. The third-order valence-electron chi connectivity index (χ3n) is 4.65. The van der Waals surface area contributed by atoms with Gasteiger partial charge in [-0.25, -0.2) is 4.79 Å². The number of ether oxygens (including phenoxy) is 1. The van der Waals surface area contributed by atoms with Crippen LogP contribution in [0.1, 0.15) is 45.2 Å². The van der Waals surface area contributed by atoms with Gasteiger partial charge in [-0.15, -0.1) is 0 Å². The van der Waals surface area contributed by atoms with E-state index in [1.165, 1.54) is 18.1 Å². The molecule has 0 spiro atoms. The topological polar surface area (TPSA) is 46.5 Å². The molecule has 1 aliphatic carbocycles. The summed E-state index contributed by atoms with van der Waals surface area (Å²) in [5, 5.41) is 9.19. The van der Waals surface area contributed by atoms with Gasteiger partial charge in [0.2, 0.25) is 0 Å². The lowest BCUT2D eigenvalue weighted by Gasteiger charge is -2.30. The zero-order valence-electron chi connectivity index (χ0n) is 14.7. The van der Waals surface area contributed by atoms with Crippen molar-refractivity contribution in [3.63, 3.8) is 0 Å². The van der Waals surface area contributed by atoms with E-state index in [0.717, 1.165) is 16.9 Å². The predicted octanol–water partition coefficient (Wildman–Crippen LogP) is 4.94. The number of rotatable bonds is 4. The molecule has 1 heterocycles. The first-order chi connectivity index (χ1) is 11.2. The third kappa shape index (κ3) is 3.61. The van der Waals surface area contributed by atoms with E-state index in [0.29, 0.717) is 17.4 Å². The first-order valence-corrected chi connectivity index (χ1v) is 8.41. The summed E-state index contributed by atoms with van der Waals surface area (Å²) < 4.78 is 6.07. The number of carboxylic acid groups (broad SMARTS) is 1. The summed E-state index contributed by atoms with van der Waals surface area (Å²) in [6.07, 6.45) is 8.61. The standard InChI is InChI=1S/C21H24O3/c1-13-9-15(13)5-6-17(11-20(22)23)16-7-8-18-14(2)12-21(3,4)24-19(18)10-16/h5-8,10-13,15H,9H2,1-4H3,(H,22,23)/b6-5+,17-11+/t13-,15-/m0/s1. The van der Waals surface area contributed by atoms with E-state index in [1.807, 2.05) is 38.1 Å². The van der Waals surface area contributed by atoms with Crippen LogP contribution in [0.25, 0.3) is 11.1 Å². The van der Waals surface area contributed by atoms with Gasteiger partial charge in [-0.1, -0.05) is 31.2 Å². The van der Waals surface area contributed by atoms with Crippen molar-refractivity contribution in [3.05, 3.63) is 53.6 Å². The number of hydrogen-bond donors (Lipinski definition) is 1. The minimum absolute atomic E-state index is 0.355. The number of carboxylic acids is 1. The highest BCUT2D eigenvalue weighted by Gasteiger charge is 2.29. The molecule has 0 aromatic heterocycles. The molecular formula is C21H24O3. The SMILES string of the molecule is CC1=CC(C)(C)Oc2cc(C(/C=C/[C@H]3C[C@@H]3C)=C/C(=O)O)ccc21. The lowest BCUT2D eigenvalue weighted by atomic mass is 9.93. The Morgan fingerprint density at radius 1 is 1.38 bits per heavy atom. The van der Waals surface area contributed by atoms with E-state index in [2.05, 4.69) is 26.0 Å². The maximum atomic E-state index is 11.2. The number of carbonyl (C=O) groups is 1. The number of hydrogen-bond acceptors (Lipinski definition) is 2. The molecule has 0 saturated heterocycles. The van der Waals surface area contributed by atoms with Crippen molar-refractivity contribution in [2.45, 2.75) is 39.7 Å². The summed E-state index contributed by atoms with van der Waals surface area (Å²) in [6.45, 7) is 8.33. The first kappa shape index (κ1) is 16.6. The van der Waals surface area contributed by atoms with Crippen LogP contribution in [0, 0.1) is 11.8 Å². The third-order valence-corrected chi connectivity index (χ3v) is 4.65. The molecule has 1 saturated carbocycles. The Kier molecular flexibility index (Phi) is 4.12. The highest BCUT2D eigenvalue weighted by molar-refractivity contribution is 5.93. The van der Waals surface area contributed by atoms with E-state index in [4.69, 9.17) is 4.74 Å². The average molecular weight is 324 g/mol. The van der Waals surface area contributed by atoms with Crippen LogP contribution >= 0.6 is 0 Å². The van der Waals surface area contributed by atoms with Crippen LogP contribution in [0.5, 0.6) is 5.75 Å². The van der Waals surface area contributed by atoms with Crippen LogP contribution in [0.15, 0.2) is 42.5 Å². The molecule has 126 valence electrons. The first-order valence-electron chi connectivity index (χ1n) is 8.41. The van der Waals surface area contributed by atoms with Crippen molar-refractivity contribution in [1.29, 1.82) is 0 Å². The van der Waals surface area contributed by atoms with Gasteiger partial charge in [-0.3, -0.25) is 0 Å². The summed E-state index contributed by atoms with van der Waals surface area (Å²) >= 11 is 0. The molecule has 2 aliphatic rings. The van der Waals surface area contributed by atoms with Gasteiger partial charge in [-0.05, 0) is 67.9 Å². The number of allylic oxidation sites excluding steroid dienone is 4. The maximum absolute atomic E-state index is 11.2. The summed E-state index contributed by atoms with van der Waals surface area (Å²) in [6, 6.07) is 5.92. The molecule has 1 aromatic carbocycles. The average Bonchev–Trinajstić information content (AvgIpc) is 3.17. The highest BCUT2D eigenvalue weighted by Crippen LogP contribution is 2.40. The summed E-state index contributed by atoms with van der Waals surface area (Å²) in [5.74, 6) is 1.14. The Morgan fingerprint density at radius 2 is 2.08 bits per heavy atom. The zero-order chi connectivity index (χ0) is 17.5. The fourth-order valence-corrected chi connectivity index (χ4v) is 3.23. The molecule has 1 aromatic rings. The Morgan fingerprint density at radius 3 is 2.71 bits per heavy atom. The quantitative estimate of drug-likeness (QED) is 0.630. The van der Waals surface area contributed by atoms with Crippen molar-refractivity contribution >= 4 is 17.1 Å². The summed E-state index contributed by atoms with van der Waals surface area (Å²) in [4.78, 5) is 11.2. The molecule has 0 unspecified atom stereocenters. The molecule has 0 bridgehead atoms. The van der Waals surface area contributed by atoms with E-state index >= 15 is 0 Å². The molecule has 3 heteroatoms. The molecule has 2 atom stereocenters. The number of fused-ring (bicyclic) bond motifs is 1. The van der Waals surface area contributed by atoms with Crippen LogP contribution in [0.3, 0.4) is 0 Å². The Bertz CT molecular complexity index is 765. The molecule has 3 rings (SSSR count). The molecule has 0 radical (unpaired) electrons. The van der Waals surface area contributed by atoms with Gasteiger partial charge in [0, 0.05) is 11.6 Å². The van der Waals surface area contributed by atoms with Crippen molar-refractivity contribution in [1.82, 2.24) is 0 Å². The normalized spacial score (nSPS) is 25.0. The fourth-order valence-electron chi connectivity index (χ4n) is 3.23. The molecule has 24 heavy (non-hydrogen) atoms. The largest absolute Gasteiger partial charge is 0.483 e. The van der Waals surface area contributed by atoms with Crippen molar-refractivity contribution < 1.29 is 14.6 Å². The molecule has 0 amide bonds. The van der Waals surface area contributed by atoms with Crippen LogP contribution < -0.4 is 4.74 Å². The predicted molar refractivity (Wildman–Crippen MR) is 96.8 cm³/mol. The van der Waals surface area contributed by atoms with Crippen LogP contribution in [-0.2, 0) is 4.79 Å². The summed E-state index contributed by atoms with van der Waals surface area (Å²) in [5.41, 5.74) is 3.46. The molecule has 1 aliphatic heterocycles. The van der Waals surface area contributed by atoms with E-state index < -0.39 is 5.97 Å². The minimum atomic E-state index is -0.937. The molecule has 1 N–H and O–H groups in total. The van der Waals surface area contributed by atoms with Gasteiger partial charge in [0.25, 0.3) is 0 Å². The van der Waals surface area contributed by atoms with E-state index in [9.17, 15) is 9.90 Å². The fraction of sp³-hybridized carbons (Fsp3) is 0.381. The van der Waals surface area contributed by atoms with Gasteiger partial charge in [0.1, 0.15) is 11.4 Å². The zero-order valence-corrected chi connectivity index (χ0v) is 14.7. The lowest BCUT2D eigenvalue weighted by Crippen LogP contribution is -2.28. The Hall–Kier alpha value is -2.29. The van der Waals surface area contributed by atoms with Crippen molar-refractivity contribution in [2.24, 2.45) is 11.8 Å². The second-order valence-electron chi connectivity index (χ2n) is 7.42. The van der Waals surface area contributed by atoms with E-state index in [1.54, 1.807) is 0 Å². The van der Waals surface area contributed by atoms with E-state index in [-0.39, 0.29) is 5.60 Å². The van der Waals surface area contributed by atoms with Crippen LogP contribution in [0.2, 0.25) is 0 Å². The number of benzene rings is 1. The second-order valence-corrected chi connectivity index (χ2v) is 7.42. The van der Waals surface area contributed by atoms with Gasteiger partial charge < -0.3 is 9.84 Å². The van der Waals surface area contributed by atoms with Gasteiger partial charge in [0.05, 0.1) is 0 Å². The Labute approximate surface area is 143 Å². The van der Waals surface area contributed by atoms with Crippen LogP contribution in [-0.4, -0.2) is 16.7 Å². The maximum Gasteiger partial charge on any atom is 0.328 e. The van der Waals surface area contributed by atoms with Gasteiger partial charge >= 0.3 is 5.97 Å². The second kappa shape index (κ2) is 5.97. The molecule has 3 nitrogen and oxygen atoms in total. The van der Waals surface area contributed by atoms with Crippen molar-refractivity contribution in [2.75, 3.05) is 0 Å². The minimum Gasteiger partial charge on any atom is -0.483 e. The van der Waals surface area contributed by atoms with Gasteiger partial charge in [-0.2, -0.15) is 0 Å². The summed E-state index contributed by atoms with van der Waals surface area (Å²) in [7, 11) is 0.